The van der Waals surface area contributed by atoms with Gasteiger partial charge in [-0.1, -0.05) is 6.07 Å². The predicted molar refractivity (Wildman–Crippen MR) is 73.2 cm³/mol. The van der Waals surface area contributed by atoms with Crippen LogP contribution >= 0.6 is 0 Å². The maximum atomic E-state index is 13.2. The second-order valence-corrected chi connectivity index (χ2v) is 5.31. The molecule has 1 atom stereocenters. The summed E-state index contributed by atoms with van der Waals surface area (Å²) in [4.78, 5) is 27.6. The summed E-state index contributed by atoms with van der Waals surface area (Å²) in [6.45, 7) is 2.84. The van der Waals surface area contributed by atoms with E-state index in [2.05, 4.69) is 4.90 Å². The molecule has 1 aromatic carbocycles. The van der Waals surface area contributed by atoms with E-state index in [4.69, 9.17) is 4.74 Å². The number of hydrogen-bond acceptors (Lipinski definition) is 4. The van der Waals surface area contributed by atoms with Crippen LogP contribution in [0.4, 0.5) is 4.39 Å². The van der Waals surface area contributed by atoms with Gasteiger partial charge in [-0.05, 0) is 18.2 Å². The van der Waals surface area contributed by atoms with Crippen molar-refractivity contribution in [2.75, 3.05) is 32.8 Å². The highest BCUT2D eigenvalue weighted by Gasteiger charge is 2.34. The van der Waals surface area contributed by atoms with Gasteiger partial charge in [0, 0.05) is 38.2 Å². The summed E-state index contributed by atoms with van der Waals surface area (Å²) in [7, 11) is 0. The molecular weight excluding hydrogens is 275 g/mol. The first-order chi connectivity index (χ1) is 10.1. The summed E-state index contributed by atoms with van der Waals surface area (Å²) in [6, 6.07) is 5.56. The average molecular weight is 292 g/mol. The van der Waals surface area contributed by atoms with Crippen LogP contribution in [0.3, 0.4) is 0 Å². The number of rotatable bonds is 2. The molecule has 2 aliphatic rings. The van der Waals surface area contributed by atoms with E-state index in [9.17, 15) is 14.0 Å². The van der Waals surface area contributed by atoms with E-state index in [1.165, 1.54) is 18.2 Å². The smallest absolute Gasteiger partial charge is 0.323 e. The first kappa shape index (κ1) is 14.0. The summed E-state index contributed by atoms with van der Waals surface area (Å²) in [5.74, 6) is -0.740. The van der Waals surface area contributed by atoms with Gasteiger partial charge in [0.2, 0.25) is 0 Å². The Kier molecular flexibility index (Phi) is 3.88. The van der Waals surface area contributed by atoms with Gasteiger partial charge in [0.15, 0.2) is 0 Å². The largest absolute Gasteiger partial charge is 0.464 e. The molecule has 3 rings (SSSR count). The number of cyclic esters (lactones) is 1. The minimum atomic E-state index is -0.409. The first-order valence-electron chi connectivity index (χ1n) is 7.11. The fraction of sp³-hybridized carbons (Fsp3) is 0.467. The highest BCUT2D eigenvalue weighted by molar-refractivity contribution is 5.94. The van der Waals surface area contributed by atoms with Gasteiger partial charge in [-0.2, -0.15) is 0 Å². The van der Waals surface area contributed by atoms with Crippen molar-refractivity contribution in [1.29, 1.82) is 0 Å². The van der Waals surface area contributed by atoms with Gasteiger partial charge in [-0.25, -0.2) is 4.39 Å². The molecule has 21 heavy (non-hydrogen) atoms. The summed E-state index contributed by atoms with van der Waals surface area (Å²) >= 11 is 0. The van der Waals surface area contributed by atoms with Crippen molar-refractivity contribution < 1.29 is 18.7 Å². The number of carbonyl (C=O) groups excluding carboxylic acids is 2. The maximum Gasteiger partial charge on any atom is 0.323 e. The van der Waals surface area contributed by atoms with Crippen molar-refractivity contribution in [2.24, 2.45) is 0 Å². The molecule has 0 bridgehead atoms. The maximum absolute atomic E-state index is 13.2. The Bertz CT molecular complexity index is 556. The van der Waals surface area contributed by atoms with Crippen LogP contribution in [0.2, 0.25) is 0 Å². The molecule has 0 unspecified atom stereocenters. The molecule has 0 aliphatic carbocycles. The number of ether oxygens (including phenoxy) is 1. The van der Waals surface area contributed by atoms with Crippen molar-refractivity contribution in [3.63, 3.8) is 0 Å². The third-order valence-corrected chi connectivity index (χ3v) is 4.02. The lowest BCUT2D eigenvalue weighted by Crippen LogP contribution is -2.53. The van der Waals surface area contributed by atoms with Crippen molar-refractivity contribution in [3.05, 3.63) is 35.6 Å². The number of carbonyl (C=O) groups is 2. The minimum Gasteiger partial charge on any atom is -0.464 e. The number of benzene rings is 1. The van der Waals surface area contributed by atoms with Crippen LogP contribution in [-0.4, -0.2) is 60.5 Å². The zero-order chi connectivity index (χ0) is 14.8. The Morgan fingerprint density at radius 3 is 2.62 bits per heavy atom. The Morgan fingerprint density at radius 2 is 2.00 bits per heavy atom. The zero-order valence-electron chi connectivity index (χ0n) is 11.6. The van der Waals surface area contributed by atoms with E-state index in [1.807, 2.05) is 0 Å². The Hall–Kier alpha value is -1.95. The van der Waals surface area contributed by atoms with Crippen LogP contribution in [-0.2, 0) is 9.53 Å². The lowest BCUT2D eigenvalue weighted by Gasteiger charge is -2.36. The molecule has 0 N–H and O–H groups in total. The fourth-order valence-electron chi connectivity index (χ4n) is 2.86. The molecule has 0 radical (unpaired) electrons. The quantitative estimate of drug-likeness (QED) is 0.760. The topological polar surface area (TPSA) is 49.9 Å². The average Bonchev–Trinajstić information content (AvgIpc) is 2.93. The number of esters is 1. The van der Waals surface area contributed by atoms with Crippen LogP contribution in [0.1, 0.15) is 16.8 Å². The van der Waals surface area contributed by atoms with Crippen molar-refractivity contribution >= 4 is 11.9 Å². The van der Waals surface area contributed by atoms with E-state index in [0.717, 1.165) is 6.42 Å². The summed E-state index contributed by atoms with van der Waals surface area (Å²) in [5, 5.41) is 0. The van der Waals surface area contributed by atoms with Crippen molar-refractivity contribution in [2.45, 2.75) is 12.5 Å². The van der Waals surface area contributed by atoms with Crippen molar-refractivity contribution in [3.8, 4) is 0 Å². The van der Waals surface area contributed by atoms with Gasteiger partial charge in [-0.15, -0.1) is 0 Å². The number of halogens is 1. The molecule has 1 aromatic rings. The molecule has 2 saturated heterocycles. The molecular formula is C15H17FN2O3. The zero-order valence-corrected chi connectivity index (χ0v) is 11.6. The van der Waals surface area contributed by atoms with Crippen molar-refractivity contribution in [1.82, 2.24) is 9.80 Å². The van der Waals surface area contributed by atoms with Crippen LogP contribution in [0, 0.1) is 5.82 Å². The van der Waals surface area contributed by atoms with E-state index in [0.29, 0.717) is 38.3 Å². The molecule has 1 amide bonds. The van der Waals surface area contributed by atoms with Crippen LogP contribution in [0.15, 0.2) is 24.3 Å². The lowest BCUT2D eigenvalue weighted by molar-refractivity contribution is -0.142. The molecule has 2 aliphatic heterocycles. The molecule has 5 nitrogen and oxygen atoms in total. The summed E-state index contributed by atoms with van der Waals surface area (Å²) < 4.78 is 18.1. The molecule has 0 aromatic heterocycles. The monoisotopic (exact) mass is 292 g/mol. The van der Waals surface area contributed by atoms with E-state index in [1.54, 1.807) is 11.0 Å². The number of amides is 1. The van der Waals surface area contributed by atoms with Gasteiger partial charge < -0.3 is 9.64 Å². The second kappa shape index (κ2) is 5.81. The Balaban J connectivity index is 1.60. The summed E-state index contributed by atoms with van der Waals surface area (Å²) in [6.07, 6.45) is 0.719. The Labute approximate surface area is 122 Å². The third-order valence-electron chi connectivity index (χ3n) is 4.02. The second-order valence-electron chi connectivity index (χ2n) is 5.31. The molecule has 2 heterocycles. The standard InChI is InChI=1S/C15H17FN2O3/c16-12-3-1-2-11(10-12)14(19)18-7-5-17(6-8-18)13-4-9-21-15(13)20/h1-3,10,13H,4-9H2/t13-/m1/s1. The van der Waals surface area contributed by atoms with Crippen LogP contribution in [0.5, 0.6) is 0 Å². The Morgan fingerprint density at radius 1 is 1.24 bits per heavy atom. The third kappa shape index (κ3) is 2.90. The minimum absolute atomic E-state index is 0.164. The molecule has 6 heteroatoms. The molecule has 0 saturated carbocycles. The van der Waals surface area contributed by atoms with E-state index in [-0.39, 0.29) is 17.9 Å². The summed E-state index contributed by atoms with van der Waals surface area (Å²) in [5.41, 5.74) is 0.365. The van der Waals surface area contributed by atoms with Gasteiger partial charge in [0.05, 0.1) is 6.61 Å². The number of nitrogens with zero attached hydrogens (tertiary/aromatic N) is 2. The van der Waals surface area contributed by atoms with Crippen LogP contribution < -0.4 is 0 Å². The number of hydrogen-bond donors (Lipinski definition) is 0. The van der Waals surface area contributed by atoms with Crippen LogP contribution in [0.25, 0.3) is 0 Å². The normalized spacial score (nSPS) is 23.2. The highest BCUT2D eigenvalue weighted by Crippen LogP contribution is 2.17. The predicted octanol–water partition coefficient (Wildman–Crippen LogP) is 0.899. The molecule has 0 spiro atoms. The highest BCUT2D eigenvalue weighted by atomic mass is 19.1. The van der Waals surface area contributed by atoms with Gasteiger partial charge in [0.1, 0.15) is 11.9 Å². The van der Waals surface area contributed by atoms with E-state index >= 15 is 0 Å². The van der Waals surface area contributed by atoms with Gasteiger partial charge >= 0.3 is 5.97 Å². The van der Waals surface area contributed by atoms with E-state index < -0.39 is 5.82 Å². The molecule has 2 fully saturated rings. The lowest BCUT2D eigenvalue weighted by atomic mass is 10.1. The SMILES string of the molecule is O=C1OCC[C@H]1N1CCN(C(=O)c2cccc(F)c2)CC1. The van der Waals surface area contributed by atoms with Gasteiger partial charge in [0.25, 0.3) is 5.91 Å². The number of piperazine rings is 1. The first-order valence-corrected chi connectivity index (χ1v) is 7.11. The fourth-order valence-corrected chi connectivity index (χ4v) is 2.86. The van der Waals surface area contributed by atoms with Gasteiger partial charge in [-0.3, -0.25) is 14.5 Å². The molecule has 112 valence electrons.